The van der Waals surface area contributed by atoms with Crippen molar-refractivity contribution in [2.45, 2.75) is 11.8 Å². The fourth-order valence-electron chi connectivity index (χ4n) is 2.97. The molecule has 0 unspecified atom stereocenters. The predicted molar refractivity (Wildman–Crippen MR) is 99.5 cm³/mol. The second-order valence-corrected chi connectivity index (χ2v) is 8.18. The maximum absolute atomic E-state index is 13.0. The Labute approximate surface area is 157 Å². The molecule has 0 spiro atoms. The molecular weight excluding hydrogens is 366 g/mol. The molecule has 8 heteroatoms. The fraction of sp³-hybridized carbons (Fsp3) is 0.263. The van der Waals surface area contributed by atoms with Crippen LogP contribution in [0.5, 0.6) is 0 Å². The van der Waals surface area contributed by atoms with Gasteiger partial charge in [-0.3, -0.25) is 0 Å². The van der Waals surface area contributed by atoms with E-state index in [-0.39, 0.29) is 10.8 Å². The van der Waals surface area contributed by atoms with Crippen LogP contribution in [0, 0.1) is 6.92 Å². The fourth-order valence-corrected chi connectivity index (χ4v) is 4.63. The monoisotopic (exact) mass is 385 g/mol. The zero-order valence-electron chi connectivity index (χ0n) is 14.8. The van der Waals surface area contributed by atoms with Crippen LogP contribution >= 0.6 is 0 Å². The maximum Gasteiger partial charge on any atom is 0.248 e. The summed E-state index contributed by atoms with van der Waals surface area (Å²) < 4.78 is 38.5. The van der Waals surface area contributed by atoms with E-state index in [2.05, 4.69) is 10.2 Å². The minimum absolute atomic E-state index is 0.251. The Kier molecular flexibility index (Phi) is 4.77. The number of morpholine rings is 1. The van der Waals surface area contributed by atoms with Gasteiger partial charge in [0.05, 0.1) is 18.1 Å². The molecule has 0 saturated carbocycles. The molecular formula is C19H19N3O4S. The van der Waals surface area contributed by atoms with Gasteiger partial charge in [-0.2, -0.15) is 4.31 Å². The van der Waals surface area contributed by atoms with Crippen molar-refractivity contribution < 1.29 is 17.6 Å². The second-order valence-electron chi connectivity index (χ2n) is 6.28. The Balaban J connectivity index is 1.70. The molecule has 0 amide bonds. The van der Waals surface area contributed by atoms with E-state index in [0.29, 0.717) is 43.3 Å². The molecule has 0 radical (unpaired) electrons. The summed E-state index contributed by atoms with van der Waals surface area (Å²) in [5.41, 5.74) is 2.06. The number of aryl methyl sites for hydroxylation is 1. The zero-order valence-corrected chi connectivity index (χ0v) is 15.6. The van der Waals surface area contributed by atoms with Gasteiger partial charge in [0, 0.05) is 24.2 Å². The number of rotatable bonds is 4. The smallest absolute Gasteiger partial charge is 0.248 e. The Hall–Kier alpha value is -2.55. The first-order valence-electron chi connectivity index (χ1n) is 8.63. The van der Waals surface area contributed by atoms with Gasteiger partial charge >= 0.3 is 0 Å². The van der Waals surface area contributed by atoms with Crippen molar-refractivity contribution in [3.05, 3.63) is 54.1 Å². The van der Waals surface area contributed by atoms with Crippen molar-refractivity contribution in [1.82, 2.24) is 14.5 Å². The van der Waals surface area contributed by atoms with Crippen molar-refractivity contribution >= 4 is 10.0 Å². The molecule has 27 heavy (non-hydrogen) atoms. The highest BCUT2D eigenvalue weighted by atomic mass is 32.2. The van der Waals surface area contributed by atoms with E-state index in [4.69, 9.17) is 9.15 Å². The minimum atomic E-state index is -3.61. The van der Waals surface area contributed by atoms with Crippen molar-refractivity contribution in [2.24, 2.45) is 0 Å². The summed E-state index contributed by atoms with van der Waals surface area (Å²) in [6.45, 7) is 3.29. The number of hydrogen-bond donors (Lipinski definition) is 0. The Bertz CT molecular complexity index is 1040. The molecule has 2 aromatic carbocycles. The lowest BCUT2D eigenvalue weighted by atomic mass is 10.1. The van der Waals surface area contributed by atoms with Crippen molar-refractivity contribution in [3.63, 3.8) is 0 Å². The minimum Gasteiger partial charge on any atom is -0.416 e. The van der Waals surface area contributed by atoms with Crippen LogP contribution in [-0.2, 0) is 14.8 Å². The van der Waals surface area contributed by atoms with Crippen LogP contribution in [0.25, 0.3) is 22.9 Å². The number of nitrogens with zero attached hydrogens (tertiary/aromatic N) is 3. The number of hydrogen-bond acceptors (Lipinski definition) is 6. The first-order valence-corrected chi connectivity index (χ1v) is 10.1. The third-order valence-corrected chi connectivity index (χ3v) is 6.51. The average molecular weight is 385 g/mol. The molecule has 0 bridgehead atoms. The van der Waals surface area contributed by atoms with Crippen molar-refractivity contribution in [3.8, 4) is 22.9 Å². The van der Waals surface area contributed by atoms with Gasteiger partial charge in [0.2, 0.25) is 21.8 Å². The number of sulfonamides is 1. The van der Waals surface area contributed by atoms with Gasteiger partial charge in [0.25, 0.3) is 0 Å². The van der Waals surface area contributed by atoms with Gasteiger partial charge < -0.3 is 9.15 Å². The summed E-state index contributed by atoms with van der Waals surface area (Å²) in [4.78, 5) is 0.251. The molecule has 1 fully saturated rings. The molecule has 0 N–H and O–H groups in total. The number of aromatic nitrogens is 2. The van der Waals surface area contributed by atoms with Crippen LogP contribution in [-0.4, -0.2) is 49.2 Å². The summed E-state index contributed by atoms with van der Waals surface area (Å²) in [5, 5.41) is 8.16. The Morgan fingerprint density at radius 3 is 2.30 bits per heavy atom. The maximum atomic E-state index is 13.0. The molecule has 1 aromatic heterocycles. The zero-order chi connectivity index (χ0) is 18.9. The molecule has 0 atom stereocenters. The summed E-state index contributed by atoms with van der Waals surface area (Å²) in [5.74, 6) is 0.677. The van der Waals surface area contributed by atoms with Crippen molar-refractivity contribution in [2.75, 3.05) is 26.3 Å². The first-order chi connectivity index (χ1) is 13.1. The SMILES string of the molecule is Cc1ccc(-c2nnc(-c3ccccc3)o2)cc1S(=O)(=O)N1CCOCC1. The molecule has 1 aliphatic heterocycles. The summed E-state index contributed by atoms with van der Waals surface area (Å²) in [7, 11) is -3.61. The highest BCUT2D eigenvalue weighted by molar-refractivity contribution is 7.89. The molecule has 4 rings (SSSR count). The van der Waals surface area contributed by atoms with E-state index in [9.17, 15) is 8.42 Å². The third-order valence-electron chi connectivity index (χ3n) is 4.47. The van der Waals surface area contributed by atoms with Gasteiger partial charge in [-0.15, -0.1) is 10.2 Å². The third kappa shape index (κ3) is 3.51. The topological polar surface area (TPSA) is 85.5 Å². The molecule has 1 aliphatic rings. The Morgan fingerprint density at radius 2 is 1.59 bits per heavy atom. The lowest BCUT2D eigenvalue weighted by Crippen LogP contribution is -2.40. The van der Waals surface area contributed by atoms with Crippen LogP contribution in [0.1, 0.15) is 5.56 Å². The molecule has 3 aromatic rings. The molecule has 0 aliphatic carbocycles. The second kappa shape index (κ2) is 7.22. The average Bonchev–Trinajstić information content (AvgIpc) is 3.20. The van der Waals surface area contributed by atoms with Gasteiger partial charge in [-0.05, 0) is 36.8 Å². The quantitative estimate of drug-likeness (QED) is 0.686. The number of ether oxygens (including phenoxy) is 1. The largest absolute Gasteiger partial charge is 0.416 e. The lowest BCUT2D eigenvalue weighted by Gasteiger charge is -2.26. The summed E-state index contributed by atoms with van der Waals surface area (Å²) in [6, 6.07) is 14.6. The summed E-state index contributed by atoms with van der Waals surface area (Å²) in [6.07, 6.45) is 0. The molecule has 1 saturated heterocycles. The van der Waals surface area contributed by atoms with E-state index in [0.717, 1.165) is 5.56 Å². The van der Waals surface area contributed by atoms with Crippen molar-refractivity contribution in [1.29, 1.82) is 0 Å². The van der Waals surface area contributed by atoms with Gasteiger partial charge in [0.1, 0.15) is 0 Å². The van der Waals surface area contributed by atoms with Gasteiger partial charge in [-0.1, -0.05) is 24.3 Å². The van der Waals surface area contributed by atoms with Crippen LogP contribution < -0.4 is 0 Å². The van der Waals surface area contributed by atoms with E-state index in [1.54, 1.807) is 25.1 Å². The van der Waals surface area contributed by atoms with Crippen LogP contribution in [0.2, 0.25) is 0 Å². The van der Waals surface area contributed by atoms with Gasteiger partial charge in [-0.25, -0.2) is 8.42 Å². The predicted octanol–water partition coefficient (Wildman–Crippen LogP) is 2.73. The van der Waals surface area contributed by atoms with Crippen LogP contribution in [0.3, 0.4) is 0 Å². The highest BCUT2D eigenvalue weighted by Gasteiger charge is 2.28. The number of benzene rings is 2. The van der Waals surface area contributed by atoms with Crippen LogP contribution in [0.4, 0.5) is 0 Å². The Morgan fingerprint density at radius 1 is 0.926 bits per heavy atom. The highest BCUT2D eigenvalue weighted by Crippen LogP contribution is 2.28. The van der Waals surface area contributed by atoms with Crippen LogP contribution in [0.15, 0.2) is 57.8 Å². The molecule has 140 valence electrons. The summed E-state index contributed by atoms with van der Waals surface area (Å²) >= 11 is 0. The standard InChI is InChI=1S/C19H19N3O4S/c1-14-7-8-16(13-17(14)27(23,24)22-9-11-25-12-10-22)19-21-20-18(26-19)15-5-3-2-4-6-15/h2-8,13H,9-12H2,1H3. The molecule has 2 heterocycles. The van der Waals surface area contributed by atoms with Gasteiger partial charge in [0.15, 0.2) is 0 Å². The molecule has 7 nitrogen and oxygen atoms in total. The van der Waals surface area contributed by atoms with E-state index in [1.807, 2.05) is 30.3 Å². The first kappa shape index (κ1) is 17.8. The lowest BCUT2D eigenvalue weighted by molar-refractivity contribution is 0.0730. The van der Waals surface area contributed by atoms with E-state index in [1.165, 1.54) is 4.31 Å². The normalized spacial score (nSPS) is 15.7. The van der Waals surface area contributed by atoms with E-state index >= 15 is 0 Å². The van der Waals surface area contributed by atoms with E-state index < -0.39 is 10.0 Å².